The van der Waals surface area contributed by atoms with Crippen LogP contribution in [0.3, 0.4) is 0 Å². The first-order chi connectivity index (χ1) is 32.2. The molecular formula is C62H58N4. The Balaban J connectivity index is 0.978. The third-order valence-electron chi connectivity index (χ3n) is 15.7. The fourth-order valence-corrected chi connectivity index (χ4v) is 12.4. The number of para-hydroxylation sites is 1. The molecule has 6 aromatic rings. The van der Waals surface area contributed by atoms with Crippen LogP contribution >= 0.6 is 0 Å². The summed E-state index contributed by atoms with van der Waals surface area (Å²) in [6, 6.07) is 40.6. The lowest BCUT2D eigenvalue weighted by molar-refractivity contribution is 0.346. The lowest BCUT2D eigenvalue weighted by Gasteiger charge is -2.28. The number of rotatable bonds is 8. The molecule has 2 heterocycles. The Morgan fingerprint density at radius 2 is 1.50 bits per heavy atom. The lowest BCUT2D eigenvalue weighted by Crippen LogP contribution is -2.46. The maximum absolute atomic E-state index is 7.20. The molecule has 4 heteroatoms. The topological polar surface area (TPSA) is 55.3 Å². The van der Waals surface area contributed by atoms with Crippen LogP contribution in [0.15, 0.2) is 179 Å². The first kappa shape index (κ1) is 40.9. The zero-order valence-electron chi connectivity index (χ0n) is 38.9. The molecule has 3 N–H and O–H groups in total. The van der Waals surface area contributed by atoms with E-state index in [9.17, 15) is 0 Å². The molecule has 4 nitrogen and oxygen atoms in total. The van der Waals surface area contributed by atoms with E-state index in [1.54, 1.807) is 11.1 Å². The minimum atomic E-state index is -0.873. The van der Waals surface area contributed by atoms with E-state index in [2.05, 4.69) is 196 Å². The summed E-state index contributed by atoms with van der Waals surface area (Å²) in [4.78, 5) is 5.58. The standard InChI is InChI=1S/C62H58N4/c1-6-47-54-36-41(30-32-56(54)61(4,5)55(47)7-2)40-20-15-21-43(33-40)53-37-44(28-27-38(53)3)50-24-16-25-52-51-23-13-14-26-57(51)66(58(50)52)62(65-60(63)39-17-9-8-10-18-39)59(64-62)45-29-31-49-46(35-45)34-42-19-11-12-22-48(42)49/h6-10,12-13,15-18,20-25,27-29,31,33,35-37,60,65H,11,14,19,26,30,32,34,63H2,1-5H3/b47-6-,55-7+. The number of aromatic nitrogens is 1. The van der Waals surface area contributed by atoms with Crippen molar-refractivity contribution < 1.29 is 0 Å². The number of allylic oxidation sites excluding steroid dienone is 13. The molecule has 5 aromatic carbocycles. The third kappa shape index (κ3) is 6.29. The fraction of sp³-hybridized carbons (Fsp3) is 0.242. The van der Waals surface area contributed by atoms with E-state index in [-0.39, 0.29) is 5.41 Å². The summed E-state index contributed by atoms with van der Waals surface area (Å²) in [5, 5.41) is 5.20. The largest absolute Gasteiger partial charge is 0.312 e. The summed E-state index contributed by atoms with van der Waals surface area (Å²) < 4.78 is 2.54. The number of nitrogens with one attached hydrogen (secondary N) is 1. The molecule has 1 aliphatic heterocycles. The zero-order chi connectivity index (χ0) is 44.9. The van der Waals surface area contributed by atoms with Crippen molar-refractivity contribution >= 4 is 33.8 Å². The first-order valence-corrected chi connectivity index (χ1v) is 24.2. The van der Waals surface area contributed by atoms with Crippen LogP contribution < -0.4 is 11.1 Å². The number of aryl methyl sites for hydroxylation is 1. The van der Waals surface area contributed by atoms with Gasteiger partial charge in [-0.1, -0.05) is 159 Å². The van der Waals surface area contributed by atoms with Gasteiger partial charge in [-0.2, -0.15) is 0 Å². The molecule has 0 fully saturated rings. The quantitative estimate of drug-likeness (QED) is 0.150. The van der Waals surface area contributed by atoms with E-state index < -0.39 is 12.0 Å². The molecule has 0 saturated heterocycles. The van der Waals surface area contributed by atoms with Gasteiger partial charge in [0.05, 0.1) is 11.7 Å². The highest BCUT2D eigenvalue weighted by molar-refractivity contribution is 6.17. The van der Waals surface area contributed by atoms with Crippen molar-refractivity contribution in [2.24, 2.45) is 16.1 Å². The van der Waals surface area contributed by atoms with Crippen LogP contribution in [0.1, 0.15) is 111 Å². The van der Waals surface area contributed by atoms with Crippen LogP contribution in [0.4, 0.5) is 0 Å². The van der Waals surface area contributed by atoms with Gasteiger partial charge >= 0.3 is 0 Å². The highest BCUT2D eigenvalue weighted by Gasteiger charge is 2.53. The summed E-state index contributed by atoms with van der Waals surface area (Å²) in [5.74, 6) is -0.873. The highest BCUT2D eigenvalue weighted by Crippen LogP contribution is 2.55. The van der Waals surface area contributed by atoms with E-state index in [0.29, 0.717) is 0 Å². The Kier molecular flexibility index (Phi) is 9.61. The lowest BCUT2D eigenvalue weighted by atomic mass is 9.77. The molecule has 66 heavy (non-hydrogen) atoms. The summed E-state index contributed by atoms with van der Waals surface area (Å²) in [7, 11) is 0. The molecule has 0 amide bonds. The van der Waals surface area contributed by atoms with Crippen LogP contribution in [-0.2, 0) is 18.6 Å². The summed E-state index contributed by atoms with van der Waals surface area (Å²) in [5.41, 5.74) is 34.7. The van der Waals surface area contributed by atoms with Crippen molar-refractivity contribution in [1.29, 1.82) is 0 Å². The van der Waals surface area contributed by atoms with Gasteiger partial charge in [0, 0.05) is 33.2 Å². The van der Waals surface area contributed by atoms with Gasteiger partial charge in [-0.05, 0) is 156 Å². The number of aliphatic imine (C=N–C) groups is 1. The molecule has 2 unspecified atom stereocenters. The number of fused-ring (bicyclic) bond motifs is 5. The van der Waals surface area contributed by atoms with Crippen molar-refractivity contribution in [1.82, 2.24) is 9.88 Å². The van der Waals surface area contributed by atoms with Crippen molar-refractivity contribution in [3.63, 3.8) is 0 Å². The van der Waals surface area contributed by atoms with Gasteiger partial charge in [-0.15, -0.1) is 0 Å². The first-order valence-electron chi connectivity index (χ1n) is 24.2. The molecule has 0 saturated carbocycles. The third-order valence-corrected chi connectivity index (χ3v) is 15.7. The monoisotopic (exact) mass is 858 g/mol. The second-order valence-corrected chi connectivity index (χ2v) is 19.7. The zero-order valence-corrected chi connectivity index (χ0v) is 38.9. The normalized spacial score (nSPS) is 21.8. The predicted octanol–water partition coefficient (Wildman–Crippen LogP) is 14.7. The molecule has 2 atom stereocenters. The number of benzene rings is 5. The number of nitrogens with zero attached hydrogens (tertiary/aromatic N) is 2. The van der Waals surface area contributed by atoms with Gasteiger partial charge in [0.25, 0.3) is 0 Å². The van der Waals surface area contributed by atoms with E-state index in [1.807, 2.05) is 0 Å². The van der Waals surface area contributed by atoms with Crippen LogP contribution in [0, 0.1) is 12.3 Å². The molecule has 5 aliphatic carbocycles. The Labute approximate surface area is 390 Å². The minimum Gasteiger partial charge on any atom is -0.312 e. The molecule has 1 aromatic heterocycles. The Morgan fingerprint density at radius 3 is 2.35 bits per heavy atom. The maximum atomic E-state index is 7.20. The second-order valence-electron chi connectivity index (χ2n) is 19.7. The Morgan fingerprint density at radius 1 is 0.712 bits per heavy atom. The molecule has 12 rings (SSSR count). The molecule has 0 spiro atoms. The summed E-state index contributed by atoms with van der Waals surface area (Å²) in [6.45, 7) is 11.4. The Bertz CT molecular complexity index is 3310. The molecule has 326 valence electrons. The predicted molar refractivity (Wildman–Crippen MR) is 277 cm³/mol. The van der Waals surface area contributed by atoms with Gasteiger partial charge in [0.2, 0.25) is 5.79 Å². The van der Waals surface area contributed by atoms with E-state index in [0.717, 1.165) is 61.8 Å². The fourth-order valence-electron chi connectivity index (χ4n) is 12.4. The maximum Gasteiger partial charge on any atom is 0.237 e. The molecule has 6 aliphatic rings. The van der Waals surface area contributed by atoms with Crippen molar-refractivity contribution in [2.45, 2.75) is 91.5 Å². The number of hydrogen-bond donors (Lipinski definition) is 2. The summed E-state index contributed by atoms with van der Waals surface area (Å²) in [6.07, 6.45) is 23.3. The number of hydrogen-bond acceptors (Lipinski definition) is 3. The molecule has 0 bridgehead atoms. The molecular weight excluding hydrogens is 801 g/mol. The van der Waals surface area contributed by atoms with Gasteiger partial charge in [-0.3, -0.25) is 5.32 Å². The van der Waals surface area contributed by atoms with E-state index in [4.69, 9.17) is 10.7 Å². The van der Waals surface area contributed by atoms with Crippen LogP contribution in [0.2, 0.25) is 0 Å². The van der Waals surface area contributed by atoms with E-state index >= 15 is 0 Å². The van der Waals surface area contributed by atoms with E-state index in [1.165, 1.54) is 94.5 Å². The van der Waals surface area contributed by atoms with Crippen LogP contribution in [-0.4, -0.2) is 10.3 Å². The Hall–Kier alpha value is -6.59. The van der Waals surface area contributed by atoms with Gasteiger partial charge in [-0.25, -0.2) is 4.99 Å². The van der Waals surface area contributed by atoms with Gasteiger partial charge < -0.3 is 10.3 Å². The molecule has 0 radical (unpaired) electrons. The van der Waals surface area contributed by atoms with Gasteiger partial charge in [0.15, 0.2) is 0 Å². The van der Waals surface area contributed by atoms with Gasteiger partial charge in [0.1, 0.15) is 5.71 Å². The van der Waals surface area contributed by atoms with Crippen molar-refractivity contribution in [3.8, 4) is 22.3 Å². The van der Waals surface area contributed by atoms with Crippen molar-refractivity contribution in [3.05, 3.63) is 218 Å². The van der Waals surface area contributed by atoms with Crippen LogP contribution in [0.5, 0.6) is 0 Å². The minimum absolute atomic E-state index is 0.0687. The summed E-state index contributed by atoms with van der Waals surface area (Å²) >= 11 is 0. The second kappa shape index (κ2) is 15.5. The average Bonchev–Trinajstić information content (AvgIpc) is 3.66. The van der Waals surface area contributed by atoms with Crippen molar-refractivity contribution in [2.75, 3.05) is 0 Å². The highest BCUT2D eigenvalue weighted by atomic mass is 15.5. The SMILES string of the molecule is C/C=C1\C(=C/C)C2=C(CCC(c3cccc(-c4cc(-c5cccc6c7c(n(C8(NC(N)c9ccccc9)N=C8c8ccc9c(c8)CC8=C9C=CCC8)c56)CCC=C7)ccc4C)c3)=C2)C1(C)C. The smallest absolute Gasteiger partial charge is 0.237 e. The van der Waals surface area contributed by atoms with Crippen LogP contribution in [0.25, 0.3) is 50.4 Å². The number of nitrogens with two attached hydrogens (primary N) is 1. The average molecular weight is 859 g/mol.